The largest absolute Gasteiger partial charge is 0.309 e. The van der Waals surface area contributed by atoms with Gasteiger partial charge in [0.2, 0.25) is 0 Å². The van der Waals surface area contributed by atoms with Gasteiger partial charge in [0.25, 0.3) is 0 Å². The van der Waals surface area contributed by atoms with E-state index < -0.39 is 0 Å². The van der Waals surface area contributed by atoms with Crippen LogP contribution in [0.15, 0.2) is 194 Å². The van der Waals surface area contributed by atoms with Crippen LogP contribution in [0.5, 0.6) is 0 Å². The van der Waals surface area contributed by atoms with Gasteiger partial charge in [0.1, 0.15) is 0 Å². The molecule has 0 radical (unpaired) electrons. The predicted octanol–water partition coefficient (Wildman–Crippen LogP) is 13.1. The fourth-order valence-electron chi connectivity index (χ4n) is 8.23. The van der Waals surface area contributed by atoms with Gasteiger partial charge in [-0.05, 0) is 92.0 Å². The van der Waals surface area contributed by atoms with Gasteiger partial charge in [0, 0.05) is 33.2 Å². The Kier molecular flexibility index (Phi) is 7.14. The van der Waals surface area contributed by atoms with Gasteiger partial charge in [-0.1, -0.05) is 146 Å². The zero-order chi connectivity index (χ0) is 36.3. The number of benzene rings is 9. The molecule has 0 spiro atoms. The molecule has 11 rings (SSSR count). The van der Waals surface area contributed by atoms with Crippen molar-refractivity contribution >= 4 is 54.1 Å². The Morgan fingerprint density at radius 1 is 0.309 bits per heavy atom. The number of nitrogens with zero attached hydrogens (tertiary/aromatic N) is 4. The lowest BCUT2D eigenvalue weighted by Gasteiger charge is -2.13. The first kappa shape index (κ1) is 31.1. The van der Waals surface area contributed by atoms with Crippen molar-refractivity contribution in [2.24, 2.45) is 0 Å². The zero-order valence-corrected chi connectivity index (χ0v) is 29.8. The lowest BCUT2D eigenvalue weighted by molar-refractivity contribution is 1.07. The van der Waals surface area contributed by atoms with Gasteiger partial charge in [-0.25, -0.2) is 15.0 Å². The van der Waals surface area contributed by atoms with Gasteiger partial charge in [-0.3, -0.25) is 0 Å². The van der Waals surface area contributed by atoms with Crippen LogP contribution in [0.4, 0.5) is 0 Å². The second kappa shape index (κ2) is 12.6. The average Bonchev–Trinajstić information content (AvgIpc) is 3.61. The maximum absolute atomic E-state index is 4.96. The summed E-state index contributed by atoms with van der Waals surface area (Å²) in [6.07, 6.45) is 0. The molecule has 11 aromatic rings. The number of hydrogen-bond donors (Lipinski definition) is 0. The van der Waals surface area contributed by atoms with Crippen LogP contribution in [-0.4, -0.2) is 19.5 Å². The van der Waals surface area contributed by atoms with E-state index in [0.717, 1.165) is 22.4 Å². The lowest BCUT2D eigenvalue weighted by atomic mass is 9.92. The molecule has 0 saturated carbocycles. The molecule has 0 N–H and O–H groups in total. The van der Waals surface area contributed by atoms with Crippen molar-refractivity contribution in [1.29, 1.82) is 0 Å². The van der Waals surface area contributed by atoms with E-state index in [4.69, 9.17) is 15.0 Å². The van der Waals surface area contributed by atoms with Crippen LogP contribution in [0.1, 0.15) is 0 Å². The molecule has 2 heterocycles. The summed E-state index contributed by atoms with van der Waals surface area (Å²) in [6, 6.07) is 68.8. The van der Waals surface area contributed by atoms with Crippen LogP contribution in [-0.2, 0) is 0 Å². The summed E-state index contributed by atoms with van der Waals surface area (Å²) in [5.41, 5.74) is 8.73. The first-order valence-electron chi connectivity index (χ1n) is 18.6. The van der Waals surface area contributed by atoms with Gasteiger partial charge in [-0.2, -0.15) is 0 Å². The third-order valence-corrected chi connectivity index (χ3v) is 10.8. The molecule has 55 heavy (non-hydrogen) atoms. The van der Waals surface area contributed by atoms with Crippen molar-refractivity contribution in [1.82, 2.24) is 19.5 Å². The number of rotatable bonds is 5. The molecule has 0 aliphatic rings. The number of hydrogen-bond acceptors (Lipinski definition) is 3. The first-order valence-corrected chi connectivity index (χ1v) is 18.6. The molecule has 256 valence electrons. The molecule has 0 saturated heterocycles. The Hall–Kier alpha value is -7.43. The molecule has 4 heteroatoms. The fourth-order valence-corrected chi connectivity index (χ4v) is 8.23. The molecule has 0 bridgehead atoms. The molecule has 0 aliphatic carbocycles. The highest BCUT2D eigenvalue weighted by Gasteiger charge is 2.17. The quantitative estimate of drug-likeness (QED) is 0.168. The number of fused-ring (bicyclic) bond motifs is 8. The third-order valence-electron chi connectivity index (χ3n) is 10.8. The minimum atomic E-state index is 0.641. The van der Waals surface area contributed by atoms with E-state index in [-0.39, 0.29) is 0 Å². The highest BCUT2D eigenvalue weighted by Crippen LogP contribution is 2.40. The van der Waals surface area contributed by atoms with Crippen LogP contribution in [0.2, 0.25) is 0 Å². The monoisotopic (exact) mass is 700 g/mol. The summed E-state index contributed by atoms with van der Waals surface area (Å²) >= 11 is 0. The maximum Gasteiger partial charge on any atom is 0.164 e. The summed E-state index contributed by atoms with van der Waals surface area (Å²) in [6.45, 7) is 0. The first-order chi connectivity index (χ1) is 27.3. The van der Waals surface area contributed by atoms with E-state index in [1.54, 1.807) is 0 Å². The molecular weight excluding hydrogens is 669 g/mol. The summed E-state index contributed by atoms with van der Waals surface area (Å²) in [7, 11) is 0. The van der Waals surface area contributed by atoms with Crippen LogP contribution in [0, 0.1) is 0 Å². The lowest BCUT2D eigenvalue weighted by Crippen LogP contribution is -2.00. The highest BCUT2D eigenvalue weighted by molar-refractivity contribution is 6.22. The molecule has 2 aromatic heterocycles. The molecule has 0 unspecified atom stereocenters. The molecule has 9 aromatic carbocycles. The van der Waals surface area contributed by atoms with Crippen molar-refractivity contribution in [3.8, 4) is 51.0 Å². The second-order valence-corrected chi connectivity index (χ2v) is 14.0. The van der Waals surface area contributed by atoms with E-state index in [0.29, 0.717) is 17.5 Å². The minimum Gasteiger partial charge on any atom is -0.309 e. The SMILES string of the molecule is c1ccc(-c2nc(-c3ccccc3)nc(-c3ccc(-n4c5ccccc5c5c6ccc(-c7cc8ccccc8c8ccccc78)cc6ccc54)cc3)n2)cc1. The van der Waals surface area contributed by atoms with Gasteiger partial charge in [0.05, 0.1) is 11.0 Å². The minimum absolute atomic E-state index is 0.641. The Morgan fingerprint density at radius 2 is 0.836 bits per heavy atom. The van der Waals surface area contributed by atoms with Crippen molar-refractivity contribution in [3.05, 3.63) is 194 Å². The van der Waals surface area contributed by atoms with Crippen LogP contribution >= 0.6 is 0 Å². The smallest absolute Gasteiger partial charge is 0.164 e. The molecule has 0 amide bonds. The van der Waals surface area contributed by atoms with E-state index in [1.165, 1.54) is 65.3 Å². The van der Waals surface area contributed by atoms with Gasteiger partial charge >= 0.3 is 0 Å². The predicted molar refractivity (Wildman–Crippen MR) is 228 cm³/mol. The van der Waals surface area contributed by atoms with Crippen LogP contribution < -0.4 is 0 Å². The maximum atomic E-state index is 4.96. The Labute approximate surface area is 317 Å². The molecular formula is C51H32N4. The van der Waals surface area contributed by atoms with Crippen LogP contribution in [0.3, 0.4) is 0 Å². The Morgan fingerprint density at radius 3 is 1.53 bits per heavy atom. The summed E-state index contributed by atoms with van der Waals surface area (Å²) in [5.74, 6) is 1.95. The molecule has 0 aliphatic heterocycles. The number of para-hydroxylation sites is 1. The van der Waals surface area contributed by atoms with Crippen molar-refractivity contribution < 1.29 is 0 Å². The van der Waals surface area contributed by atoms with Crippen molar-refractivity contribution in [2.75, 3.05) is 0 Å². The van der Waals surface area contributed by atoms with Crippen molar-refractivity contribution in [3.63, 3.8) is 0 Å². The zero-order valence-electron chi connectivity index (χ0n) is 29.8. The van der Waals surface area contributed by atoms with Crippen LogP contribution in [0.25, 0.3) is 105 Å². The standard InChI is InChI=1S/C51H32N4/c1-3-13-33(14-4-1)49-52-50(34-15-5-2-6-16-34)54-51(53-49)35-23-27-39(28-24-35)55-46-22-12-11-21-44(46)48-41-29-25-38(31-37(41)26-30-47(48)55)45-32-36-17-7-8-18-40(36)42-19-9-10-20-43(42)45/h1-32H. The summed E-state index contributed by atoms with van der Waals surface area (Å²) < 4.78 is 2.37. The summed E-state index contributed by atoms with van der Waals surface area (Å²) in [4.78, 5) is 14.8. The Bertz CT molecular complexity index is 3180. The second-order valence-electron chi connectivity index (χ2n) is 14.0. The van der Waals surface area contributed by atoms with E-state index in [2.05, 4.69) is 138 Å². The topological polar surface area (TPSA) is 43.6 Å². The Balaban J connectivity index is 1.04. The van der Waals surface area contributed by atoms with Gasteiger partial charge < -0.3 is 4.57 Å². The van der Waals surface area contributed by atoms with Gasteiger partial charge in [0.15, 0.2) is 17.5 Å². The van der Waals surface area contributed by atoms with Crippen molar-refractivity contribution in [2.45, 2.75) is 0 Å². The molecule has 4 nitrogen and oxygen atoms in total. The fraction of sp³-hybridized carbons (Fsp3) is 0. The third kappa shape index (κ3) is 5.19. The number of aromatic nitrogens is 4. The molecule has 0 atom stereocenters. The van der Waals surface area contributed by atoms with E-state index in [9.17, 15) is 0 Å². The normalized spacial score (nSPS) is 11.6. The average molecular weight is 701 g/mol. The highest BCUT2D eigenvalue weighted by atomic mass is 15.0. The summed E-state index contributed by atoms with van der Waals surface area (Å²) in [5, 5.41) is 10.0. The van der Waals surface area contributed by atoms with E-state index in [1.807, 2.05) is 60.7 Å². The van der Waals surface area contributed by atoms with Gasteiger partial charge in [-0.15, -0.1) is 0 Å². The molecule has 0 fully saturated rings. The van der Waals surface area contributed by atoms with E-state index >= 15 is 0 Å².